The lowest BCUT2D eigenvalue weighted by atomic mass is 9.94. The van der Waals surface area contributed by atoms with Crippen LogP contribution in [0, 0.1) is 10.1 Å². The molecule has 3 fully saturated rings. The number of carbonyl (C=O) groups excluding carboxylic acids is 9. The van der Waals surface area contributed by atoms with Crippen LogP contribution >= 0.6 is 0 Å². The second-order valence-corrected chi connectivity index (χ2v) is 19.1. The summed E-state index contributed by atoms with van der Waals surface area (Å²) in [6, 6.07) is 25.9. The van der Waals surface area contributed by atoms with Crippen LogP contribution in [-0.4, -0.2) is 164 Å². The second-order valence-electron chi connectivity index (χ2n) is 19.1. The number of amides is 1. The number of ether oxygens (including phenoxy) is 14. The van der Waals surface area contributed by atoms with Crippen LogP contribution in [-0.2, 0) is 90.3 Å². The normalized spacial score (nSPS) is 27.2. The zero-order valence-corrected chi connectivity index (χ0v) is 46.2. The molecule has 0 aliphatic carbocycles. The van der Waals surface area contributed by atoms with E-state index in [1.807, 2.05) is 0 Å². The van der Waals surface area contributed by atoms with E-state index < -0.39 is 164 Å². The molecule has 0 aromatic heterocycles. The Labute approximate surface area is 479 Å². The fourth-order valence-corrected chi connectivity index (χ4v) is 9.24. The fourth-order valence-electron chi connectivity index (χ4n) is 9.24. The van der Waals surface area contributed by atoms with Crippen molar-refractivity contribution in [3.8, 4) is 5.75 Å². The molecule has 0 saturated carbocycles. The topological polar surface area (TPSA) is 338 Å². The van der Waals surface area contributed by atoms with Gasteiger partial charge >= 0.3 is 47.8 Å². The highest BCUT2D eigenvalue weighted by molar-refractivity contribution is 5.91. The van der Waals surface area contributed by atoms with Crippen molar-refractivity contribution >= 4 is 59.3 Å². The molecule has 1 amide bonds. The van der Waals surface area contributed by atoms with E-state index in [-0.39, 0.29) is 28.1 Å². The summed E-state index contributed by atoms with van der Waals surface area (Å²) in [5.74, 6) is -8.54. The van der Waals surface area contributed by atoms with Crippen molar-refractivity contribution in [2.75, 3.05) is 13.2 Å². The average molecular weight is 1170 g/mol. The molecule has 4 aromatic carbocycles. The van der Waals surface area contributed by atoms with E-state index in [1.165, 1.54) is 67.6 Å². The Morgan fingerprint density at radius 2 is 0.857 bits per heavy atom. The first kappa shape index (κ1) is 62.7. The Morgan fingerprint density at radius 3 is 1.32 bits per heavy atom. The van der Waals surface area contributed by atoms with Crippen LogP contribution in [0.15, 0.2) is 115 Å². The molecule has 1 N–H and O–H groups in total. The number of nitrogens with zero attached hydrogens (tertiary/aromatic N) is 1. The van der Waals surface area contributed by atoms with E-state index in [2.05, 4.69) is 5.32 Å². The molecular weight excluding hydrogens is 1110 g/mol. The average Bonchev–Trinajstić information content (AvgIpc) is 1.51. The number of non-ortho nitro benzene ring substituents is 1. The fraction of sp³-hybridized carbons (Fsp3) is 0.421. The van der Waals surface area contributed by atoms with Crippen LogP contribution in [0.3, 0.4) is 0 Å². The largest absolute Gasteiger partial charge is 0.463 e. The number of benzene rings is 4. The Morgan fingerprint density at radius 1 is 0.452 bits per heavy atom. The van der Waals surface area contributed by atoms with Crippen molar-refractivity contribution in [3.63, 3.8) is 0 Å². The highest BCUT2D eigenvalue weighted by Gasteiger charge is 2.60. The van der Waals surface area contributed by atoms with Crippen molar-refractivity contribution in [1.82, 2.24) is 5.32 Å². The monoisotopic (exact) mass is 1170 g/mol. The number of hydrogen-bond acceptors (Lipinski definition) is 25. The number of nitro groups is 1. The van der Waals surface area contributed by atoms with E-state index in [9.17, 15) is 53.3 Å². The Hall–Kier alpha value is -8.89. The summed E-state index contributed by atoms with van der Waals surface area (Å²) in [4.78, 5) is 131. The predicted octanol–water partition coefficient (Wildman–Crippen LogP) is 4.04. The zero-order chi connectivity index (χ0) is 60.8. The second kappa shape index (κ2) is 28.9. The maximum Gasteiger partial charge on any atom is 0.338 e. The maximum atomic E-state index is 14.4. The van der Waals surface area contributed by atoms with Crippen molar-refractivity contribution in [3.05, 3.63) is 142 Å². The van der Waals surface area contributed by atoms with Gasteiger partial charge in [0.1, 0.15) is 43.3 Å². The quantitative estimate of drug-likeness (QED) is 0.0532. The van der Waals surface area contributed by atoms with E-state index in [1.54, 1.807) is 42.5 Å². The van der Waals surface area contributed by atoms with Gasteiger partial charge in [-0.1, -0.05) is 54.6 Å². The van der Waals surface area contributed by atoms with E-state index in [0.29, 0.717) is 0 Å². The van der Waals surface area contributed by atoms with Crippen LogP contribution in [0.1, 0.15) is 79.5 Å². The molecule has 27 heteroatoms. The lowest BCUT2D eigenvalue weighted by molar-refractivity contribution is -0.385. The molecule has 3 aliphatic heterocycles. The smallest absolute Gasteiger partial charge is 0.338 e. The highest BCUT2D eigenvalue weighted by atomic mass is 16.8. The molecule has 15 atom stereocenters. The van der Waals surface area contributed by atoms with Gasteiger partial charge in [-0.2, -0.15) is 0 Å². The molecular formula is C57H60N2O25. The first-order valence-corrected chi connectivity index (χ1v) is 26.1. The molecule has 0 radical (unpaired) electrons. The predicted molar refractivity (Wildman–Crippen MR) is 280 cm³/mol. The minimum Gasteiger partial charge on any atom is -0.463 e. The van der Waals surface area contributed by atoms with E-state index in [4.69, 9.17) is 66.3 Å². The lowest BCUT2D eigenvalue weighted by Crippen LogP contribution is -2.70. The molecule has 3 saturated heterocycles. The summed E-state index contributed by atoms with van der Waals surface area (Å²) in [6.07, 6.45) is -25.4. The Bertz CT molecular complexity index is 2980. The van der Waals surface area contributed by atoms with Crippen LogP contribution in [0.25, 0.3) is 0 Å². The SMILES string of the molecule is CC(=O)N[C@H]1[C@H](Oc2ccc([N+](=O)[O-])cc2)O[C@H](COC(C)=O)[C@@H](O[C@@H]2O[C@H](COC(C)=O)[C@H](OC(C)=O)[C@H](OC(C)=O)[C@H]2O[C@H]2O[C@H](C)[C@H](OC(=O)c3ccccc3)[C@H](OC(=O)c3ccccc3)[C@H]2OC(=O)c2ccccc2)[C@@H]1OC(C)=O. The molecule has 0 spiro atoms. The van der Waals surface area contributed by atoms with Gasteiger partial charge in [0.2, 0.25) is 12.2 Å². The van der Waals surface area contributed by atoms with Gasteiger partial charge in [-0.15, -0.1) is 0 Å². The van der Waals surface area contributed by atoms with Gasteiger partial charge in [-0.3, -0.25) is 38.9 Å². The van der Waals surface area contributed by atoms with Gasteiger partial charge < -0.3 is 71.6 Å². The van der Waals surface area contributed by atoms with Crippen molar-refractivity contribution < 1.29 is 114 Å². The van der Waals surface area contributed by atoms with Gasteiger partial charge in [-0.05, 0) is 55.5 Å². The minimum atomic E-state index is -2.12. The van der Waals surface area contributed by atoms with Gasteiger partial charge in [0, 0.05) is 53.7 Å². The van der Waals surface area contributed by atoms with Gasteiger partial charge in [0.25, 0.3) is 5.69 Å². The van der Waals surface area contributed by atoms with E-state index in [0.717, 1.165) is 53.7 Å². The molecule has 7 rings (SSSR count). The summed E-state index contributed by atoms with van der Waals surface area (Å²) in [6.45, 7) is 6.12. The van der Waals surface area contributed by atoms with Crippen LogP contribution in [0.5, 0.6) is 5.75 Å². The van der Waals surface area contributed by atoms with Crippen molar-refractivity contribution in [2.24, 2.45) is 0 Å². The van der Waals surface area contributed by atoms with Crippen molar-refractivity contribution in [2.45, 2.75) is 141 Å². The summed E-state index contributed by atoms with van der Waals surface area (Å²) in [5.41, 5.74) is -0.289. The maximum absolute atomic E-state index is 14.4. The summed E-state index contributed by atoms with van der Waals surface area (Å²) in [7, 11) is 0. The summed E-state index contributed by atoms with van der Waals surface area (Å²) >= 11 is 0. The molecule has 27 nitrogen and oxygen atoms in total. The lowest BCUT2D eigenvalue weighted by Gasteiger charge is -2.50. The number of carbonyl (C=O) groups is 9. The summed E-state index contributed by atoms with van der Waals surface area (Å²) in [5, 5.41) is 14.1. The number of hydrogen-bond donors (Lipinski definition) is 1. The molecule has 0 unspecified atom stereocenters. The van der Waals surface area contributed by atoms with Crippen LogP contribution in [0.2, 0.25) is 0 Å². The third kappa shape index (κ3) is 16.6. The molecule has 3 heterocycles. The molecule has 84 heavy (non-hydrogen) atoms. The van der Waals surface area contributed by atoms with Crippen LogP contribution < -0.4 is 10.1 Å². The zero-order valence-electron chi connectivity index (χ0n) is 46.2. The molecule has 3 aliphatic rings. The first-order chi connectivity index (χ1) is 40.1. The van der Waals surface area contributed by atoms with Crippen LogP contribution in [0.4, 0.5) is 5.69 Å². The minimum absolute atomic E-state index is 0.000730. The number of nitro benzene ring substituents is 1. The summed E-state index contributed by atoms with van der Waals surface area (Å²) < 4.78 is 85.8. The molecule has 4 aromatic rings. The van der Waals surface area contributed by atoms with Gasteiger partial charge in [0.15, 0.2) is 55.3 Å². The third-order valence-corrected chi connectivity index (χ3v) is 12.8. The molecule has 448 valence electrons. The number of nitrogens with one attached hydrogen (secondary N) is 1. The standard InChI is InChI=1S/C57H60N2O25/c1-29-44(80-52(66)36-17-11-8-12-18-36)48(81-53(67)37-19-13-9-14-20-37)50(82-54(68)38-21-15-10-16-22-38)56(73-29)84-51-49(76-35(7)65)46(74-33(5)63)42(28-72-32(4)62)79-57(51)83-45-41(27-71-31(3)61)78-55(43(58-30(2)60)47(45)75-34(6)64)77-40-25-23-39(24-26-40)59(69)70/h8-26,29,41-51,55-57H,27-28H2,1-7H3,(H,58,60)/t29-,41-,42-,43-,44+,45-,46+,47-,48+,49+,50-,51-,55-,56-,57+/m1/s1. The Balaban J connectivity index is 1.40. The first-order valence-electron chi connectivity index (χ1n) is 26.1. The third-order valence-electron chi connectivity index (χ3n) is 12.8. The van der Waals surface area contributed by atoms with Crippen molar-refractivity contribution in [1.29, 1.82) is 0 Å². The van der Waals surface area contributed by atoms with Gasteiger partial charge in [-0.25, -0.2) is 14.4 Å². The molecule has 0 bridgehead atoms. The number of rotatable bonds is 21. The highest BCUT2D eigenvalue weighted by Crippen LogP contribution is 2.39. The van der Waals surface area contributed by atoms with Gasteiger partial charge in [0.05, 0.1) is 27.7 Å². The van der Waals surface area contributed by atoms with E-state index >= 15 is 0 Å². The number of esters is 8. The Kier molecular flexibility index (Phi) is 21.6.